The van der Waals surface area contributed by atoms with Gasteiger partial charge in [-0.05, 0) is 32.9 Å². The lowest BCUT2D eigenvalue weighted by atomic mass is 10.2. The van der Waals surface area contributed by atoms with Crippen molar-refractivity contribution in [2.24, 2.45) is 0 Å². The number of aromatic nitrogens is 1. The minimum absolute atomic E-state index is 0.544. The molecule has 0 N–H and O–H groups in total. The van der Waals surface area contributed by atoms with Crippen molar-refractivity contribution in [2.45, 2.75) is 6.61 Å². The lowest BCUT2D eigenvalue weighted by molar-refractivity contribution is 0.298. The number of halogens is 1. The van der Waals surface area contributed by atoms with Crippen LogP contribution in [0.2, 0.25) is 0 Å². The van der Waals surface area contributed by atoms with Gasteiger partial charge in [-0.3, -0.25) is 0 Å². The van der Waals surface area contributed by atoms with Gasteiger partial charge in [0, 0.05) is 16.1 Å². The lowest BCUT2D eigenvalue weighted by Gasteiger charge is -2.06. The fourth-order valence-electron chi connectivity index (χ4n) is 1.74. The molecule has 3 rings (SSSR count). The van der Waals surface area contributed by atoms with Crippen LogP contribution in [0.5, 0.6) is 5.88 Å². The Balaban J connectivity index is 1.87. The number of nitrogens with zero attached hydrogens (tertiary/aromatic N) is 1. The van der Waals surface area contributed by atoms with Crippen LogP contribution in [-0.2, 0) is 6.61 Å². The lowest BCUT2D eigenvalue weighted by Crippen LogP contribution is -1.97. The third-order valence-electron chi connectivity index (χ3n) is 2.63. The molecule has 0 atom stereocenters. The topological polar surface area (TPSA) is 22.1 Å². The minimum atomic E-state index is 0.544. The molecule has 0 spiro atoms. The quantitative estimate of drug-likeness (QED) is 0.701. The van der Waals surface area contributed by atoms with Gasteiger partial charge in [-0.1, -0.05) is 30.3 Å². The van der Waals surface area contributed by atoms with E-state index in [9.17, 15) is 0 Å². The number of thiophene rings is 1. The van der Waals surface area contributed by atoms with Gasteiger partial charge >= 0.3 is 0 Å². The molecular formula is C14H10BrNOS. The Kier molecular flexibility index (Phi) is 3.30. The first-order valence-electron chi connectivity index (χ1n) is 5.53. The monoisotopic (exact) mass is 319 g/mol. The SMILES string of the molecule is Brc1cnc(OCc2ccccc2)c2sccc12. The highest BCUT2D eigenvalue weighted by Crippen LogP contribution is 2.33. The molecule has 0 saturated carbocycles. The van der Waals surface area contributed by atoms with Crippen LogP contribution >= 0.6 is 27.3 Å². The summed E-state index contributed by atoms with van der Waals surface area (Å²) in [5.41, 5.74) is 1.15. The van der Waals surface area contributed by atoms with Gasteiger partial charge in [0.25, 0.3) is 0 Å². The number of hydrogen-bond donors (Lipinski definition) is 0. The Morgan fingerprint density at radius 2 is 2.00 bits per heavy atom. The highest BCUT2D eigenvalue weighted by Gasteiger charge is 2.08. The normalized spacial score (nSPS) is 10.7. The standard InChI is InChI=1S/C14H10BrNOS/c15-12-8-16-14(13-11(12)6-7-18-13)17-9-10-4-2-1-3-5-10/h1-8H,9H2. The second-order valence-corrected chi connectivity index (χ2v) is 5.62. The fourth-order valence-corrected chi connectivity index (χ4v) is 3.16. The Bertz CT molecular complexity index is 666. The van der Waals surface area contributed by atoms with E-state index in [1.54, 1.807) is 17.5 Å². The molecule has 1 aromatic carbocycles. The Hall–Kier alpha value is -1.39. The zero-order valence-corrected chi connectivity index (χ0v) is 11.9. The van der Waals surface area contributed by atoms with Crippen molar-refractivity contribution in [1.82, 2.24) is 4.98 Å². The van der Waals surface area contributed by atoms with Crippen LogP contribution in [0.25, 0.3) is 10.1 Å². The van der Waals surface area contributed by atoms with Crippen molar-refractivity contribution < 1.29 is 4.74 Å². The van der Waals surface area contributed by atoms with Gasteiger partial charge in [-0.25, -0.2) is 4.98 Å². The van der Waals surface area contributed by atoms with E-state index in [0.29, 0.717) is 12.5 Å². The highest BCUT2D eigenvalue weighted by atomic mass is 79.9. The molecule has 4 heteroatoms. The smallest absolute Gasteiger partial charge is 0.232 e. The number of ether oxygens (including phenoxy) is 1. The van der Waals surface area contributed by atoms with Crippen LogP contribution in [-0.4, -0.2) is 4.98 Å². The molecule has 0 fully saturated rings. The number of benzene rings is 1. The second-order valence-electron chi connectivity index (χ2n) is 3.85. The maximum atomic E-state index is 5.80. The summed E-state index contributed by atoms with van der Waals surface area (Å²) in [5.74, 6) is 0.701. The first-order chi connectivity index (χ1) is 8.84. The Morgan fingerprint density at radius 1 is 1.17 bits per heavy atom. The van der Waals surface area contributed by atoms with E-state index in [0.717, 1.165) is 20.1 Å². The van der Waals surface area contributed by atoms with Gasteiger partial charge in [-0.2, -0.15) is 0 Å². The molecular weight excluding hydrogens is 310 g/mol. The predicted octanol–water partition coefficient (Wildman–Crippen LogP) is 4.64. The summed E-state index contributed by atoms with van der Waals surface area (Å²) in [5, 5.41) is 3.20. The molecule has 90 valence electrons. The summed E-state index contributed by atoms with van der Waals surface area (Å²) in [6.07, 6.45) is 1.79. The summed E-state index contributed by atoms with van der Waals surface area (Å²) in [4.78, 5) is 4.34. The Morgan fingerprint density at radius 3 is 2.83 bits per heavy atom. The first-order valence-corrected chi connectivity index (χ1v) is 7.20. The number of rotatable bonds is 3. The molecule has 2 nitrogen and oxygen atoms in total. The van der Waals surface area contributed by atoms with Gasteiger partial charge in [0.05, 0.1) is 4.70 Å². The van der Waals surface area contributed by atoms with Crippen molar-refractivity contribution >= 4 is 37.4 Å². The van der Waals surface area contributed by atoms with Crippen molar-refractivity contribution in [1.29, 1.82) is 0 Å². The number of fused-ring (bicyclic) bond motifs is 1. The van der Waals surface area contributed by atoms with Gasteiger partial charge in [0.15, 0.2) is 0 Å². The average Bonchev–Trinajstić information content (AvgIpc) is 2.90. The molecule has 0 bridgehead atoms. The van der Waals surface area contributed by atoms with Crippen LogP contribution in [0.15, 0.2) is 52.4 Å². The largest absolute Gasteiger partial charge is 0.472 e. The zero-order chi connectivity index (χ0) is 12.4. The van der Waals surface area contributed by atoms with Crippen LogP contribution in [0.4, 0.5) is 0 Å². The molecule has 2 aromatic heterocycles. The predicted molar refractivity (Wildman–Crippen MR) is 78.1 cm³/mol. The van der Waals surface area contributed by atoms with Gasteiger partial charge in [0.1, 0.15) is 6.61 Å². The summed E-state index contributed by atoms with van der Waals surface area (Å²) in [6.45, 7) is 0.544. The number of hydrogen-bond acceptors (Lipinski definition) is 3. The molecule has 3 aromatic rings. The molecule has 0 aliphatic carbocycles. The maximum Gasteiger partial charge on any atom is 0.232 e. The second kappa shape index (κ2) is 5.08. The molecule has 0 unspecified atom stereocenters. The van der Waals surface area contributed by atoms with Crippen LogP contribution in [0, 0.1) is 0 Å². The van der Waals surface area contributed by atoms with Crippen molar-refractivity contribution in [3.8, 4) is 5.88 Å². The maximum absolute atomic E-state index is 5.80. The van der Waals surface area contributed by atoms with E-state index in [1.165, 1.54) is 0 Å². The van der Waals surface area contributed by atoms with E-state index >= 15 is 0 Å². The van der Waals surface area contributed by atoms with Gasteiger partial charge in [0.2, 0.25) is 5.88 Å². The summed E-state index contributed by atoms with van der Waals surface area (Å²) in [7, 11) is 0. The van der Waals surface area contributed by atoms with E-state index in [2.05, 4.69) is 27.0 Å². The molecule has 0 aliphatic rings. The molecule has 18 heavy (non-hydrogen) atoms. The third kappa shape index (κ3) is 2.26. The molecule has 0 aliphatic heterocycles. The van der Waals surface area contributed by atoms with E-state index in [-0.39, 0.29) is 0 Å². The highest BCUT2D eigenvalue weighted by molar-refractivity contribution is 9.10. The zero-order valence-electron chi connectivity index (χ0n) is 9.47. The molecule has 0 saturated heterocycles. The van der Waals surface area contributed by atoms with Gasteiger partial charge in [-0.15, -0.1) is 11.3 Å². The molecule has 2 heterocycles. The summed E-state index contributed by atoms with van der Waals surface area (Å²) >= 11 is 5.14. The van der Waals surface area contributed by atoms with Crippen molar-refractivity contribution in [3.05, 3.63) is 58.0 Å². The van der Waals surface area contributed by atoms with Gasteiger partial charge < -0.3 is 4.74 Å². The molecule has 0 amide bonds. The molecule has 0 radical (unpaired) electrons. The van der Waals surface area contributed by atoms with Crippen molar-refractivity contribution in [3.63, 3.8) is 0 Å². The average molecular weight is 320 g/mol. The van der Waals surface area contributed by atoms with E-state index < -0.39 is 0 Å². The van der Waals surface area contributed by atoms with E-state index in [4.69, 9.17) is 4.74 Å². The summed E-state index contributed by atoms with van der Waals surface area (Å²) in [6, 6.07) is 12.2. The van der Waals surface area contributed by atoms with E-state index in [1.807, 2.05) is 35.7 Å². The summed E-state index contributed by atoms with van der Waals surface area (Å²) < 4.78 is 7.89. The van der Waals surface area contributed by atoms with Crippen LogP contribution < -0.4 is 4.74 Å². The van der Waals surface area contributed by atoms with Crippen LogP contribution in [0.3, 0.4) is 0 Å². The van der Waals surface area contributed by atoms with Crippen LogP contribution in [0.1, 0.15) is 5.56 Å². The minimum Gasteiger partial charge on any atom is -0.472 e. The first kappa shape index (κ1) is 11.7. The third-order valence-corrected chi connectivity index (χ3v) is 4.16. The Labute approximate surface area is 117 Å². The fraction of sp³-hybridized carbons (Fsp3) is 0.0714. The number of pyridine rings is 1. The van der Waals surface area contributed by atoms with Crippen molar-refractivity contribution in [2.75, 3.05) is 0 Å².